The number of carbonyl (C=O) groups excluding carboxylic acids is 2. The molecule has 0 saturated heterocycles. The average Bonchev–Trinajstić information content (AvgIpc) is 2.47. The van der Waals surface area contributed by atoms with Crippen LogP contribution in [0.5, 0.6) is 0 Å². The van der Waals surface area contributed by atoms with Gasteiger partial charge in [0, 0.05) is 13.2 Å². The molecular weight excluding hydrogens is 304 g/mol. The Morgan fingerprint density at radius 2 is 1.36 bits per heavy atom. The molecule has 0 bridgehead atoms. The van der Waals surface area contributed by atoms with Gasteiger partial charge in [-0.15, -0.1) is 0 Å². The molecule has 0 aliphatic carbocycles. The van der Waals surface area contributed by atoms with Crippen molar-refractivity contribution in [2.24, 2.45) is 5.92 Å². The van der Waals surface area contributed by atoms with Crippen molar-refractivity contribution >= 4 is 21.5 Å². The zero-order chi connectivity index (χ0) is 16.8. The summed E-state index contributed by atoms with van der Waals surface area (Å²) in [4.78, 5) is 23.6. The first kappa shape index (κ1) is 21.1. The van der Waals surface area contributed by atoms with E-state index in [9.17, 15) is 9.59 Å². The lowest BCUT2D eigenvalue weighted by Crippen LogP contribution is -2.29. The molecule has 128 valence electrons. The number of esters is 2. The maximum atomic E-state index is 11.8. The third-order valence-electron chi connectivity index (χ3n) is 2.76. The fourth-order valence-electron chi connectivity index (χ4n) is 1.81. The molecule has 0 spiro atoms. The van der Waals surface area contributed by atoms with Gasteiger partial charge in [-0.3, -0.25) is 9.59 Å². The highest BCUT2D eigenvalue weighted by Crippen LogP contribution is 2.14. The second kappa shape index (κ2) is 13.7. The smallest absolute Gasteiger partial charge is 0.320 e. The van der Waals surface area contributed by atoms with Crippen LogP contribution in [0.4, 0.5) is 0 Å². The van der Waals surface area contributed by atoms with Crippen LogP contribution in [0.1, 0.15) is 40.5 Å². The van der Waals surface area contributed by atoms with Crippen LogP contribution in [0.15, 0.2) is 0 Å². The largest absolute Gasteiger partial charge is 0.465 e. The lowest BCUT2D eigenvalue weighted by Gasteiger charge is -2.17. The molecule has 0 aromatic heterocycles. The first-order chi connectivity index (χ1) is 10.6. The minimum atomic E-state index is -0.831. The van der Waals surface area contributed by atoms with Crippen LogP contribution in [0.2, 0.25) is 6.04 Å². The van der Waals surface area contributed by atoms with Crippen molar-refractivity contribution in [1.82, 2.24) is 0 Å². The van der Waals surface area contributed by atoms with E-state index < -0.39 is 17.9 Å². The van der Waals surface area contributed by atoms with E-state index in [-0.39, 0.29) is 19.1 Å². The maximum Gasteiger partial charge on any atom is 0.320 e. The van der Waals surface area contributed by atoms with Crippen molar-refractivity contribution in [3.8, 4) is 0 Å². The minimum Gasteiger partial charge on any atom is -0.465 e. The molecule has 0 unspecified atom stereocenters. The van der Waals surface area contributed by atoms with Crippen LogP contribution in [-0.2, 0) is 28.5 Å². The fraction of sp³-hybridized carbons (Fsp3) is 0.867. The molecule has 7 heteroatoms. The van der Waals surface area contributed by atoms with Gasteiger partial charge in [0.25, 0.3) is 0 Å². The summed E-state index contributed by atoms with van der Waals surface area (Å²) in [5, 5.41) is 0. The molecule has 22 heavy (non-hydrogen) atoms. The molecule has 0 aromatic carbocycles. The predicted molar refractivity (Wildman–Crippen MR) is 83.6 cm³/mol. The summed E-state index contributed by atoms with van der Waals surface area (Å²) in [5.74, 6) is -2.04. The Morgan fingerprint density at radius 1 is 0.864 bits per heavy atom. The predicted octanol–water partition coefficient (Wildman–Crippen LogP) is 1.99. The van der Waals surface area contributed by atoms with Crippen molar-refractivity contribution in [3.63, 3.8) is 0 Å². The lowest BCUT2D eigenvalue weighted by atomic mass is 10.0. The molecule has 6 nitrogen and oxygen atoms in total. The number of rotatable bonds is 13. The molecule has 0 N–H and O–H groups in total. The van der Waals surface area contributed by atoms with Gasteiger partial charge in [-0.2, -0.15) is 0 Å². The summed E-state index contributed by atoms with van der Waals surface area (Å²) >= 11 is 0. The molecule has 0 aromatic rings. The maximum absolute atomic E-state index is 11.8. The molecule has 0 amide bonds. The monoisotopic (exact) mass is 332 g/mol. The van der Waals surface area contributed by atoms with E-state index in [0.717, 1.165) is 12.5 Å². The van der Waals surface area contributed by atoms with Crippen molar-refractivity contribution in [1.29, 1.82) is 0 Å². The standard InChI is InChI=1S/C15H28O6Si/c1-5-18-13(16)12(14(17)19-6-2)10-9-11-22-15(20-7-3)21-8-4/h12,15H,5-11H2,1-4H3. The topological polar surface area (TPSA) is 71.1 Å². The van der Waals surface area contributed by atoms with Crippen molar-refractivity contribution in [3.05, 3.63) is 0 Å². The van der Waals surface area contributed by atoms with Crippen LogP contribution >= 0.6 is 0 Å². The van der Waals surface area contributed by atoms with E-state index in [4.69, 9.17) is 18.9 Å². The van der Waals surface area contributed by atoms with Crippen LogP contribution in [0.25, 0.3) is 0 Å². The Morgan fingerprint density at radius 3 is 1.77 bits per heavy atom. The molecule has 0 fully saturated rings. The first-order valence-electron chi connectivity index (χ1n) is 7.90. The fourth-order valence-corrected chi connectivity index (χ4v) is 3.03. The molecule has 0 rings (SSSR count). The van der Waals surface area contributed by atoms with Gasteiger partial charge in [0.1, 0.15) is 15.4 Å². The summed E-state index contributed by atoms with van der Waals surface area (Å²) < 4.78 is 20.8. The van der Waals surface area contributed by atoms with Gasteiger partial charge in [-0.05, 0) is 34.1 Å². The summed E-state index contributed by atoms with van der Waals surface area (Å²) in [6.45, 7) is 9.01. The summed E-state index contributed by atoms with van der Waals surface area (Å²) in [6.07, 6.45) is 1.15. The highest BCUT2D eigenvalue weighted by atomic mass is 28.2. The third kappa shape index (κ3) is 9.17. The third-order valence-corrected chi connectivity index (χ3v) is 4.07. The molecule has 2 radical (unpaired) electrons. The van der Waals surface area contributed by atoms with Crippen LogP contribution in [0.3, 0.4) is 0 Å². The molecule has 0 heterocycles. The molecular formula is C15H28O6Si. The van der Waals surface area contributed by atoms with Gasteiger partial charge < -0.3 is 18.9 Å². The van der Waals surface area contributed by atoms with Gasteiger partial charge >= 0.3 is 11.9 Å². The number of hydrogen-bond donors (Lipinski definition) is 0. The van der Waals surface area contributed by atoms with E-state index in [0.29, 0.717) is 29.2 Å². The number of hydrogen-bond acceptors (Lipinski definition) is 6. The first-order valence-corrected chi connectivity index (χ1v) is 9.18. The van der Waals surface area contributed by atoms with Crippen LogP contribution in [0, 0.1) is 5.92 Å². The van der Waals surface area contributed by atoms with E-state index in [1.807, 2.05) is 13.8 Å². The number of ether oxygens (including phenoxy) is 4. The van der Waals surface area contributed by atoms with E-state index in [2.05, 4.69) is 0 Å². The van der Waals surface area contributed by atoms with E-state index in [1.165, 1.54) is 0 Å². The Labute approximate surface area is 135 Å². The average molecular weight is 332 g/mol. The Bertz CT molecular complexity index is 286. The van der Waals surface area contributed by atoms with Gasteiger partial charge in [-0.25, -0.2) is 0 Å². The zero-order valence-corrected chi connectivity index (χ0v) is 15.1. The Balaban J connectivity index is 4.26. The zero-order valence-electron chi connectivity index (χ0n) is 14.1. The minimum absolute atomic E-state index is 0.196. The highest BCUT2D eigenvalue weighted by Gasteiger charge is 2.28. The molecule has 0 aliphatic heterocycles. The Kier molecular flexibility index (Phi) is 13.1. The van der Waals surface area contributed by atoms with Gasteiger partial charge in [0.05, 0.1) is 13.2 Å². The van der Waals surface area contributed by atoms with E-state index in [1.54, 1.807) is 13.8 Å². The second-order valence-corrected chi connectivity index (χ2v) is 5.78. The molecule has 0 aliphatic rings. The normalized spacial score (nSPS) is 11.0. The van der Waals surface area contributed by atoms with Gasteiger partial charge in [0.2, 0.25) is 0 Å². The lowest BCUT2D eigenvalue weighted by molar-refractivity contribution is -0.161. The van der Waals surface area contributed by atoms with Gasteiger partial charge in [0.15, 0.2) is 5.92 Å². The van der Waals surface area contributed by atoms with Crippen molar-refractivity contribution in [2.45, 2.75) is 52.5 Å². The molecule has 0 atom stereocenters. The van der Waals surface area contributed by atoms with Crippen LogP contribution in [-0.4, -0.2) is 53.8 Å². The van der Waals surface area contributed by atoms with Crippen LogP contribution < -0.4 is 0 Å². The Hall–Kier alpha value is -0.923. The molecule has 0 saturated carbocycles. The van der Waals surface area contributed by atoms with Crippen molar-refractivity contribution < 1.29 is 28.5 Å². The quantitative estimate of drug-likeness (QED) is 0.169. The van der Waals surface area contributed by atoms with Gasteiger partial charge in [-0.1, -0.05) is 12.5 Å². The van der Waals surface area contributed by atoms with Crippen molar-refractivity contribution in [2.75, 3.05) is 26.4 Å². The summed E-state index contributed by atoms with van der Waals surface area (Å²) in [5.41, 5.74) is 0. The SMILES string of the molecule is CCOC(=O)C(CCC[Si]C(OCC)OCC)C(=O)OCC. The summed E-state index contributed by atoms with van der Waals surface area (Å²) in [6, 6.07) is 0.833. The number of carbonyl (C=O) groups is 2. The second-order valence-electron chi connectivity index (χ2n) is 4.40. The van der Waals surface area contributed by atoms with E-state index >= 15 is 0 Å². The summed E-state index contributed by atoms with van der Waals surface area (Å²) in [7, 11) is 0.477. The highest BCUT2D eigenvalue weighted by molar-refractivity contribution is 6.36.